The molecule has 3 atom stereocenters. The first kappa shape index (κ1) is 20.6. The van der Waals surface area contributed by atoms with Gasteiger partial charge in [0.2, 0.25) is 0 Å². The van der Waals surface area contributed by atoms with Crippen molar-refractivity contribution in [3.05, 3.63) is 65.2 Å². The van der Waals surface area contributed by atoms with Crippen LogP contribution in [0.25, 0.3) is 21.0 Å². The topological polar surface area (TPSA) is 48.5 Å². The number of nitrogens with zero attached hydrogens (tertiary/aromatic N) is 1. The van der Waals surface area contributed by atoms with Gasteiger partial charge < -0.3 is 14.8 Å². The first-order chi connectivity index (χ1) is 15.1. The number of H-pyrrole nitrogens is 1. The van der Waals surface area contributed by atoms with Gasteiger partial charge in [0.15, 0.2) is 0 Å². The Labute approximate surface area is 187 Å². The number of aliphatic hydroxyl groups excluding tert-OH is 1. The maximum Gasteiger partial charge on any atom is 0.128 e. The fraction of sp³-hybridized carbons (Fsp3) is 0.385. The van der Waals surface area contributed by atoms with E-state index in [0.29, 0.717) is 25.1 Å². The molecule has 1 aliphatic rings. The molecular formula is C26H30N2O2S. The number of thiophene rings is 1. The number of aryl methyl sites for hydroxylation is 1. The molecule has 0 aliphatic carbocycles. The van der Waals surface area contributed by atoms with Gasteiger partial charge in [0.25, 0.3) is 0 Å². The van der Waals surface area contributed by atoms with Crippen LogP contribution >= 0.6 is 11.3 Å². The molecule has 4 nitrogen and oxygen atoms in total. The number of ether oxygens (including phenoxy) is 1. The lowest BCUT2D eigenvalue weighted by Crippen LogP contribution is -2.45. The van der Waals surface area contributed by atoms with Gasteiger partial charge in [-0.1, -0.05) is 24.3 Å². The van der Waals surface area contributed by atoms with E-state index in [1.54, 1.807) is 0 Å². The van der Waals surface area contributed by atoms with Crippen molar-refractivity contribution in [3.63, 3.8) is 0 Å². The Morgan fingerprint density at radius 3 is 2.97 bits per heavy atom. The van der Waals surface area contributed by atoms with Crippen molar-refractivity contribution in [3.8, 4) is 5.75 Å². The number of hydrogen-bond donors (Lipinski definition) is 2. The number of aromatic amines is 1. The minimum atomic E-state index is -0.505. The Morgan fingerprint density at radius 1 is 1.23 bits per heavy atom. The van der Waals surface area contributed by atoms with Crippen LogP contribution < -0.4 is 4.74 Å². The standard InChI is InChI=1S/C26H30N2O2S/c1-17-13-23-24(27-17)7-4-8-25(23)30-16-21(29)15-28-11-9-20(14-18(28)2)22-6-3-5-19-10-12-31-26(19)22/h3-8,10,12-13,18,20-21,27,29H,9,11,14-16H2,1-2H3/t18-,20+,21-/m0/s1. The van der Waals surface area contributed by atoms with Crippen LogP contribution in [0.3, 0.4) is 0 Å². The Bertz CT molecular complexity index is 1180. The monoisotopic (exact) mass is 434 g/mol. The van der Waals surface area contributed by atoms with Crippen molar-refractivity contribution >= 4 is 32.3 Å². The van der Waals surface area contributed by atoms with Crippen molar-refractivity contribution in [2.45, 2.75) is 44.8 Å². The summed E-state index contributed by atoms with van der Waals surface area (Å²) in [7, 11) is 0. The van der Waals surface area contributed by atoms with Crippen LogP contribution in [0.4, 0.5) is 0 Å². The zero-order valence-electron chi connectivity index (χ0n) is 18.2. The molecule has 2 aromatic heterocycles. The molecule has 0 spiro atoms. The molecule has 1 saturated heterocycles. The molecule has 31 heavy (non-hydrogen) atoms. The number of rotatable bonds is 6. The smallest absolute Gasteiger partial charge is 0.128 e. The number of aromatic nitrogens is 1. The van der Waals surface area contributed by atoms with E-state index in [4.69, 9.17) is 4.74 Å². The highest BCUT2D eigenvalue weighted by atomic mass is 32.1. The van der Waals surface area contributed by atoms with Crippen molar-refractivity contribution < 1.29 is 9.84 Å². The molecule has 0 amide bonds. The maximum atomic E-state index is 10.7. The van der Waals surface area contributed by atoms with Gasteiger partial charge in [-0.3, -0.25) is 4.90 Å². The summed E-state index contributed by atoms with van der Waals surface area (Å²) in [6.45, 7) is 6.31. The summed E-state index contributed by atoms with van der Waals surface area (Å²) in [6.07, 6.45) is 1.76. The van der Waals surface area contributed by atoms with Crippen molar-refractivity contribution in [2.75, 3.05) is 19.7 Å². The lowest BCUT2D eigenvalue weighted by atomic mass is 9.85. The van der Waals surface area contributed by atoms with Gasteiger partial charge in [-0.2, -0.15) is 0 Å². The molecule has 5 rings (SSSR count). The van der Waals surface area contributed by atoms with Gasteiger partial charge in [-0.25, -0.2) is 0 Å². The van der Waals surface area contributed by atoms with Crippen LogP contribution in [-0.2, 0) is 0 Å². The minimum Gasteiger partial charge on any atom is -0.490 e. The fourth-order valence-electron chi connectivity index (χ4n) is 5.01. The lowest BCUT2D eigenvalue weighted by molar-refractivity contribution is 0.0406. The average molecular weight is 435 g/mol. The summed E-state index contributed by atoms with van der Waals surface area (Å²) < 4.78 is 7.45. The molecule has 1 fully saturated rings. The van der Waals surface area contributed by atoms with Crippen molar-refractivity contribution in [1.82, 2.24) is 9.88 Å². The van der Waals surface area contributed by atoms with E-state index in [0.717, 1.165) is 41.7 Å². The van der Waals surface area contributed by atoms with Crippen molar-refractivity contribution in [1.29, 1.82) is 0 Å². The molecule has 162 valence electrons. The Kier molecular flexibility index (Phi) is 5.74. The predicted octanol–water partition coefficient (Wildman–Crippen LogP) is 5.70. The summed E-state index contributed by atoms with van der Waals surface area (Å²) in [6, 6.07) is 17.5. The lowest BCUT2D eigenvalue weighted by Gasteiger charge is -2.39. The average Bonchev–Trinajstić information content (AvgIpc) is 3.39. The van der Waals surface area contributed by atoms with Gasteiger partial charge in [0.1, 0.15) is 18.5 Å². The highest BCUT2D eigenvalue weighted by Gasteiger charge is 2.28. The van der Waals surface area contributed by atoms with Crippen LogP contribution in [0, 0.1) is 6.92 Å². The number of nitrogens with one attached hydrogen (secondary N) is 1. The summed E-state index contributed by atoms with van der Waals surface area (Å²) in [4.78, 5) is 5.75. The van der Waals surface area contributed by atoms with E-state index in [2.05, 4.69) is 52.5 Å². The minimum absolute atomic E-state index is 0.310. The molecule has 0 saturated carbocycles. The molecule has 5 heteroatoms. The van der Waals surface area contributed by atoms with E-state index in [1.807, 2.05) is 36.5 Å². The fourth-order valence-corrected chi connectivity index (χ4v) is 6.01. The summed E-state index contributed by atoms with van der Waals surface area (Å²) in [5.74, 6) is 1.42. The number of β-amino-alcohol motifs (C(OH)–C–C–N with tert-alkyl or cyclic N) is 1. The second kappa shape index (κ2) is 8.65. The molecule has 4 aromatic rings. The molecular weight excluding hydrogens is 404 g/mol. The number of fused-ring (bicyclic) bond motifs is 2. The van der Waals surface area contributed by atoms with E-state index in [1.165, 1.54) is 15.6 Å². The molecule has 2 aromatic carbocycles. The second-order valence-electron chi connectivity index (χ2n) is 8.89. The number of hydrogen-bond acceptors (Lipinski definition) is 4. The third kappa shape index (κ3) is 4.22. The van der Waals surface area contributed by atoms with Gasteiger partial charge in [-0.05, 0) is 79.7 Å². The third-order valence-corrected chi connectivity index (χ3v) is 7.58. The quantitative estimate of drug-likeness (QED) is 0.409. The molecule has 2 N–H and O–H groups in total. The summed E-state index contributed by atoms with van der Waals surface area (Å²) in [5, 5.41) is 15.3. The van der Waals surface area contributed by atoms with E-state index in [9.17, 15) is 5.11 Å². The molecule has 0 bridgehead atoms. The SMILES string of the molecule is Cc1cc2c(OC[C@@H](O)CN3CC[C@@H](c4cccc5ccsc45)C[C@@H]3C)cccc2[nH]1. The summed E-state index contributed by atoms with van der Waals surface area (Å²) >= 11 is 1.85. The number of aliphatic hydroxyl groups is 1. The Morgan fingerprint density at radius 2 is 2.10 bits per heavy atom. The first-order valence-corrected chi connectivity index (χ1v) is 12.1. The highest BCUT2D eigenvalue weighted by Crippen LogP contribution is 2.37. The number of piperidine rings is 1. The van der Waals surface area contributed by atoms with Gasteiger partial charge in [-0.15, -0.1) is 11.3 Å². The van der Waals surface area contributed by atoms with E-state index >= 15 is 0 Å². The third-order valence-electron chi connectivity index (χ3n) is 6.60. The van der Waals surface area contributed by atoms with Crippen LogP contribution in [-0.4, -0.2) is 46.8 Å². The van der Waals surface area contributed by atoms with Gasteiger partial charge in [0, 0.05) is 33.9 Å². The van der Waals surface area contributed by atoms with Crippen LogP contribution in [0.5, 0.6) is 5.75 Å². The van der Waals surface area contributed by atoms with Gasteiger partial charge in [0.05, 0.1) is 0 Å². The highest BCUT2D eigenvalue weighted by molar-refractivity contribution is 7.17. The van der Waals surface area contributed by atoms with Crippen LogP contribution in [0.15, 0.2) is 53.9 Å². The summed E-state index contributed by atoms with van der Waals surface area (Å²) in [5.41, 5.74) is 3.68. The number of likely N-dealkylation sites (tertiary alicyclic amines) is 1. The predicted molar refractivity (Wildman–Crippen MR) is 129 cm³/mol. The van der Waals surface area contributed by atoms with Crippen LogP contribution in [0.1, 0.15) is 36.9 Å². The van der Waals surface area contributed by atoms with E-state index in [-0.39, 0.29) is 0 Å². The van der Waals surface area contributed by atoms with Crippen LogP contribution in [0.2, 0.25) is 0 Å². The zero-order chi connectivity index (χ0) is 21.4. The Balaban J connectivity index is 1.19. The molecule has 0 unspecified atom stereocenters. The van der Waals surface area contributed by atoms with Gasteiger partial charge >= 0.3 is 0 Å². The van der Waals surface area contributed by atoms with E-state index < -0.39 is 6.10 Å². The Hall–Kier alpha value is -2.34. The zero-order valence-corrected chi connectivity index (χ0v) is 19.0. The first-order valence-electron chi connectivity index (χ1n) is 11.2. The normalized spacial score (nSPS) is 21.0. The number of benzene rings is 2. The molecule has 0 radical (unpaired) electrons. The molecule has 1 aliphatic heterocycles. The largest absolute Gasteiger partial charge is 0.490 e. The second-order valence-corrected chi connectivity index (χ2v) is 9.80. The maximum absolute atomic E-state index is 10.7. The van der Waals surface area contributed by atoms with Crippen molar-refractivity contribution in [2.24, 2.45) is 0 Å². The molecule has 3 heterocycles.